The van der Waals surface area contributed by atoms with Gasteiger partial charge in [-0.3, -0.25) is 4.98 Å². The average molecular weight is 297 g/mol. The second kappa shape index (κ2) is 4.84. The summed E-state index contributed by atoms with van der Waals surface area (Å²) in [4.78, 5) is 16.7. The Bertz CT molecular complexity index is 675. The molecule has 3 rings (SSSR count). The highest BCUT2D eigenvalue weighted by Crippen LogP contribution is 2.72. The standard InChI is InChI=1S/C19H23NO2/c1-12-6-7-15-18(4,5)19(15,10-12)11-22-17(21)16-13(2)8-9-20-14(16)3/h8-9,12,15H,10-11H2,1-5H3. The fraction of sp³-hybridized carbons (Fsp3) is 0.579. The van der Waals surface area contributed by atoms with Gasteiger partial charge in [-0.2, -0.15) is 0 Å². The SMILES string of the molecule is Cc1ccnc(C)c1C(=O)OCC12CC(C)C#CC1C2(C)C. The molecule has 0 aliphatic heterocycles. The lowest BCUT2D eigenvalue weighted by Gasteiger charge is -2.23. The van der Waals surface area contributed by atoms with E-state index in [0.717, 1.165) is 17.7 Å². The fourth-order valence-electron chi connectivity index (χ4n) is 4.06. The van der Waals surface area contributed by atoms with Crippen molar-refractivity contribution in [2.24, 2.45) is 22.7 Å². The van der Waals surface area contributed by atoms with Gasteiger partial charge in [-0.15, -0.1) is 0 Å². The number of nitrogens with zero attached hydrogens (tertiary/aromatic N) is 1. The van der Waals surface area contributed by atoms with Crippen LogP contribution in [0.15, 0.2) is 12.3 Å². The molecule has 1 aromatic heterocycles. The molecule has 3 nitrogen and oxygen atoms in total. The van der Waals surface area contributed by atoms with Gasteiger partial charge in [0.1, 0.15) is 0 Å². The molecule has 22 heavy (non-hydrogen) atoms. The lowest BCUT2D eigenvalue weighted by molar-refractivity contribution is 0.0351. The third kappa shape index (κ3) is 2.05. The van der Waals surface area contributed by atoms with Crippen LogP contribution in [0.2, 0.25) is 0 Å². The van der Waals surface area contributed by atoms with Crippen LogP contribution >= 0.6 is 0 Å². The minimum absolute atomic E-state index is 0.0251. The largest absolute Gasteiger partial charge is 0.461 e. The summed E-state index contributed by atoms with van der Waals surface area (Å²) in [6.07, 6.45) is 2.73. The summed E-state index contributed by atoms with van der Waals surface area (Å²) in [6.45, 7) is 10.8. The molecule has 0 saturated heterocycles. The maximum absolute atomic E-state index is 12.5. The van der Waals surface area contributed by atoms with E-state index in [2.05, 4.69) is 37.6 Å². The molecular weight excluding hydrogens is 274 g/mol. The monoisotopic (exact) mass is 297 g/mol. The first-order valence-electron chi connectivity index (χ1n) is 7.90. The lowest BCUT2D eigenvalue weighted by Crippen LogP contribution is -2.24. The van der Waals surface area contributed by atoms with E-state index in [9.17, 15) is 4.79 Å². The Morgan fingerprint density at radius 3 is 2.82 bits per heavy atom. The molecule has 0 radical (unpaired) electrons. The molecule has 1 fully saturated rings. The zero-order valence-electron chi connectivity index (χ0n) is 14.0. The number of fused-ring (bicyclic) bond motifs is 1. The van der Waals surface area contributed by atoms with Crippen molar-refractivity contribution in [2.45, 2.75) is 41.0 Å². The van der Waals surface area contributed by atoms with Crippen molar-refractivity contribution < 1.29 is 9.53 Å². The number of aryl methyl sites for hydroxylation is 2. The molecular formula is C19H23NO2. The normalized spacial score (nSPS) is 30.8. The molecule has 0 N–H and O–H groups in total. The molecule has 3 atom stereocenters. The second-order valence-electron chi connectivity index (χ2n) is 7.37. The van der Waals surface area contributed by atoms with E-state index in [1.54, 1.807) is 6.20 Å². The highest BCUT2D eigenvalue weighted by Gasteiger charge is 2.71. The quantitative estimate of drug-likeness (QED) is 0.633. The Morgan fingerprint density at radius 1 is 1.41 bits per heavy atom. The average Bonchev–Trinajstić information content (AvgIpc) is 2.92. The Labute approximate surface area is 132 Å². The number of hydrogen-bond acceptors (Lipinski definition) is 3. The second-order valence-corrected chi connectivity index (χ2v) is 7.37. The minimum Gasteiger partial charge on any atom is -0.461 e. The molecule has 2 aliphatic rings. The number of aromatic nitrogens is 1. The summed E-state index contributed by atoms with van der Waals surface area (Å²) < 4.78 is 5.71. The van der Waals surface area contributed by atoms with E-state index < -0.39 is 0 Å². The first-order valence-corrected chi connectivity index (χ1v) is 7.90. The number of rotatable bonds is 3. The zero-order chi connectivity index (χ0) is 16.1. The smallest absolute Gasteiger partial charge is 0.340 e. The van der Waals surface area contributed by atoms with Crippen molar-refractivity contribution in [1.82, 2.24) is 4.98 Å². The summed E-state index contributed by atoms with van der Waals surface area (Å²) >= 11 is 0. The molecule has 116 valence electrons. The molecule has 3 heteroatoms. The van der Waals surface area contributed by atoms with Gasteiger partial charge in [-0.25, -0.2) is 4.79 Å². The summed E-state index contributed by atoms with van der Waals surface area (Å²) in [5, 5.41) is 0. The first kappa shape index (κ1) is 15.1. The van der Waals surface area contributed by atoms with Crippen LogP contribution in [0, 0.1) is 48.4 Å². The van der Waals surface area contributed by atoms with Gasteiger partial charge in [0, 0.05) is 23.4 Å². The fourth-order valence-corrected chi connectivity index (χ4v) is 4.06. The van der Waals surface area contributed by atoms with Crippen LogP contribution in [0.3, 0.4) is 0 Å². The van der Waals surface area contributed by atoms with Crippen molar-refractivity contribution in [3.63, 3.8) is 0 Å². The van der Waals surface area contributed by atoms with Crippen LogP contribution in [-0.4, -0.2) is 17.6 Å². The maximum Gasteiger partial charge on any atom is 0.340 e. The number of ether oxygens (including phenoxy) is 1. The third-order valence-electron chi connectivity index (χ3n) is 5.63. The van der Waals surface area contributed by atoms with Crippen LogP contribution in [0.5, 0.6) is 0 Å². The first-order chi connectivity index (χ1) is 10.3. The van der Waals surface area contributed by atoms with Crippen LogP contribution in [-0.2, 0) is 4.74 Å². The molecule has 0 bridgehead atoms. The minimum atomic E-state index is -0.259. The maximum atomic E-state index is 12.5. The van der Waals surface area contributed by atoms with E-state index in [-0.39, 0.29) is 16.8 Å². The van der Waals surface area contributed by atoms with Gasteiger partial charge < -0.3 is 4.74 Å². The van der Waals surface area contributed by atoms with Crippen LogP contribution in [0.25, 0.3) is 0 Å². The summed E-state index contributed by atoms with van der Waals surface area (Å²) in [6, 6.07) is 1.85. The highest BCUT2D eigenvalue weighted by molar-refractivity contribution is 5.92. The molecule has 0 spiro atoms. The van der Waals surface area contributed by atoms with E-state index in [4.69, 9.17) is 4.74 Å². The molecule has 3 unspecified atom stereocenters. The predicted molar refractivity (Wildman–Crippen MR) is 85.3 cm³/mol. The van der Waals surface area contributed by atoms with E-state index >= 15 is 0 Å². The number of esters is 1. The summed E-state index contributed by atoms with van der Waals surface area (Å²) in [5.74, 6) is 7.12. The Balaban J connectivity index is 1.76. The Kier molecular flexibility index (Phi) is 3.32. The highest BCUT2D eigenvalue weighted by atomic mass is 16.5. The molecule has 1 heterocycles. The molecule has 1 aromatic rings. The summed E-state index contributed by atoms with van der Waals surface area (Å²) in [7, 11) is 0. The van der Waals surface area contributed by atoms with Gasteiger partial charge in [0.25, 0.3) is 0 Å². The van der Waals surface area contributed by atoms with Crippen molar-refractivity contribution >= 4 is 5.97 Å². The number of carbonyl (C=O) groups excluding carboxylic acids is 1. The van der Waals surface area contributed by atoms with Gasteiger partial charge in [-0.1, -0.05) is 32.6 Å². The van der Waals surface area contributed by atoms with Crippen molar-refractivity contribution in [1.29, 1.82) is 0 Å². The lowest BCUT2D eigenvalue weighted by atomic mass is 9.85. The van der Waals surface area contributed by atoms with Crippen molar-refractivity contribution in [2.75, 3.05) is 6.61 Å². The van der Waals surface area contributed by atoms with Crippen LogP contribution in [0.1, 0.15) is 48.8 Å². The third-order valence-corrected chi connectivity index (χ3v) is 5.63. The number of pyridine rings is 1. The van der Waals surface area contributed by atoms with Gasteiger partial charge in [-0.05, 0) is 37.3 Å². The van der Waals surface area contributed by atoms with Crippen LogP contribution in [0.4, 0.5) is 0 Å². The predicted octanol–water partition coefficient (Wildman–Crippen LogP) is 3.54. The topological polar surface area (TPSA) is 39.2 Å². The van der Waals surface area contributed by atoms with E-state index in [1.807, 2.05) is 19.9 Å². The number of hydrogen-bond donors (Lipinski definition) is 0. The number of carbonyl (C=O) groups is 1. The molecule has 0 amide bonds. The molecule has 1 saturated carbocycles. The van der Waals surface area contributed by atoms with Crippen molar-refractivity contribution in [3.8, 4) is 11.8 Å². The molecule has 0 aromatic carbocycles. The van der Waals surface area contributed by atoms with Gasteiger partial charge in [0.15, 0.2) is 0 Å². The zero-order valence-corrected chi connectivity index (χ0v) is 14.0. The summed E-state index contributed by atoms with van der Waals surface area (Å²) in [5.41, 5.74) is 2.40. The van der Waals surface area contributed by atoms with E-state index in [1.165, 1.54) is 0 Å². The van der Waals surface area contributed by atoms with Gasteiger partial charge in [0.05, 0.1) is 17.9 Å². The Hall–Kier alpha value is -1.82. The molecule has 2 aliphatic carbocycles. The Morgan fingerprint density at radius 2 is 2.14 bits per heavy atom. The van der Waals surface area contributed by atoms with E-state index in [0.29, 0.717) is 24.0 Å². The van der Waals surface area contributed by atoms with Gasteiger partial charge in [0.2, 0.25) is 0 Å². The van der Waals surface area contributed by atoms with Gasteiger partial charge >= 0.3 is 5.97 Å². The van der Waals surface area contributed by atoms with Crippen LogP contribution < -0.4 is 0 Å². The van der Waals surface area contributed by atoms with Crippen molar-refractivity contribution in [3.05, 3.63) is 29.1 Å².